The van der Waals surface area contributed by atoms with Crippen LogP contribution in [0.25, 0.3) is 6.08 Å². The largest absolute Gasteiger partial charge is 0.493 e. The highest BCUT2D eigenvalue weighted by atomic mass is 16.5. The van der Waals surface area contributed by atoms with Crippen LogP contribution >= 0.6 is 0 Å². The van der Waals surface area contributed by atoms with E-state index >= 15 is 0 Å². The molecule has 1 amide bonds. The molecule has 0 fully saturated rings. The summed E-state index contributed by atoms with van der Waals surface area (Å²) in [6, 6.07) is 12.7. The summed E-state index contributed by atoms with van der Waals surface area (Å²) in [5, 5.41) is 11.4. The highest BCUT2D eigenvalue weighted by molar-refractivity contribution is 6.02. The van der Waals surface area contributed by atoms with Crippen molar-refractivity contribution in [3.8, 4) is 23.3 Å². The van der Waals surface area contributed by atoms with Gasteiger partial charge in [0.15, 0.2) is 6.61 Å². The molecule has 0 saturated carbocycles. The molecule has 6 heteroatoms. The Bertz CT molecular complexity index is 931. The van der Waals surface area contributed by atoms with Gasteiger partial charge in [-0.2, -0.15) is 5.26 Å². The Morgan fingerprint density at radius 2 is 2.21 bits per heavy atom. The first-order chi connectivity index (χ1) is 13.6. The smallest absolute Gasteiger partial charge is 0.248 e. The molecule has 1 aliphatic rings. The Balaban J connectivity index is 1.72. The summed E-state index contributed by atoms with van der Waals surface area (Å²) in [5.74, 6) is 1.80. The van der Waals surface area contributed by atoms with E-state index in [9.17, 15) is 4.79 Å². The van der Waals surface area contributed by atoms with Gasteiger partial charge in [0, 0.05) is 35.4 Å². The highest BCUT2D eigenvalue weighted by Crippen LogP contribution is 2.35. The van der Waals surface area contributed by atoms with Crippen LogP contribution in [-0.2, 0) is 11.2 Å². The second-order valence-electron chi connectivity index (χ2n) is 6.36. The third kappa shape index (κ3) is 4.83. The predicted octanol–water partition coefficient (Wildman–Crippen LogP) is 3.96. The van der Waals surface area contributed by atoms with E-state index in [1.165, 1.54) is 6.08 Å². The van der Waals surface area contributed by atoms with Crippen molar-refractivity contribution in [2.24, 2.45) is 0 Å². The van der Waals surface area contributed by atoms with Crippen LogP contribution < -0.4 is 19.5 Å². The van der Waals surface area contributed by atoms with Crippen LogP contribution in [0.15, 0.2) is 42.5 Å². The third-order valence-corrected chi connectivity index (χ3v) is 4.15. The monoisotopic (exact) mass is 378 g/mol. The molecule has 144 valence electrons. The summed E-state index contributed by atoms with van der Waals surface area (Å²) in [5.41, 5.74) is 2.49. The Kier molecular flexibility index (Phi) is 6.18. The Morgan fingerprint density at radius 3 is 3.00 bits per heavy atom. The minimum atomic E-state index is -0.283. The molecular formula is C22H22N2O4. The van der Waals surface area contributed by atoms with Crippen molar-refractivity contribution < 1.29 is 19.0 Å². The fourth-order valence-corrected chi connectivity index (χ4v) is 2.99. The summed E-state index contributed by atoms with van der Waals surface area (Å²) >= 11 is 0. The number of nitriles is 1. The number of rotatable bonds is 7. The van der Waals surface area contributed by atoms with E-state index in [1.54, 1.807) is 30.3 Å². The van der Waals surface area contributed by atoms with Crippen molar-refractivity contribution in [2.45, 2.75) is 26.4 Å². The van der Waals surface area contributed by atoms with Crippen molar-refractivity contribution in [1.82, 2.24) is 0 Å². The summed E-state index contributed by atoms with van der Waals surface area (Å²) in [6.07, 6.45) is 4.15. The Hall–Kier alpha value is -3.46. The van der Waals surface area contributed by atoms with E-state index in [0.717, 1.165) is 29.0 Å². The van der Waals surface area contributed by atoms with Crippen molar-refractivity contribution in [2.75, 3.05) is 18.5 Å². The molecule has 0 aliphatic carbocycles. The molecule has 1 heterocycles. The van der Waals surface area contributed by atoms with E-state index < -0.39 is 0 Å². The van der Waals surface area contributed by atoms with Gasteiger partial charge in [0.05, 0.1) is 6.61 Å². The molecule has 1 atom stereocenters. The Labute approximate surface area is 164 Å². The maximum Gasteiger partial charge on any atom is 0.248 e. The second kappa shape index (κ2) is 8.96. The summed E-state index contributed by atoms with van der Waals surface area (Å²) < 4.78 is 16.8. The van der Waals surface area contributed by atoms with Crippen molar-refractivity contribution in [3.05, 3.63) is 53.6 Å². The predicted molar refractivity (Wildman–Crippen MR) is 107 cm³/mol. The van der Waals surface area contributed by atoms with Crippen LogP contribution in [-0.4, -0.2) is 25.2 Å². The zero-order chi connectivity index (χ0) is 19.9. The van der Waals surface area contributed by atoms with Gasteiger partial charge in [-0.15, -0.1) is 0 Å². The SMILES string of the molecule is CCOc1cc2c(cc1C=CC(=O)Nc1cccc(OCC#N)c1)OC(C)C2. The van der Waals surface area contributed by atoms with Gasteiger partial charge >= 0.3 is 0 Å². The fraction of sp³-hybridized carbons (Fsp3) is 0.273. The van der Waals surface area contributed by atoms with Gasteiger partial charge in [-0.25, -0.2) is 0 Å². The van der Waals surface area contributed by atoms with Crippen LogP contribution in [0.3, 0.4) is 0 Å². The summed E-state index contributed by atoms with van der Waals surface area (Å²) in [4.78, 5) is 12.3. The summed E-state index contributed by atoms with van der Waals surface area (Å²) in [7, 11) is 0. The zero-order valence-corrected chi connectivity index (χ0v) is 15.9. The van der Waals surface area contributed by atoms with Crippen LogP contribution in [0.2, 0.25) is 0 Å². The molecule has 3 rings (SSSR count). The number of hydrogen-bond acceptors (Lipinski definition) is 5. The third-order valence-electron chi connectivity index (χ3n) is 4.15. The van der Waals surface area contributed by atoms with Gasteiger partial charge in [-0.1, -0.05) is 6.07 Å². The minimum absolute atomic E-state index is 0.0451. The van der Waals surface area contributed by atoms with Crippen LogP contribution in [0.5, 0.6) is 17.2 Å². The molecule has 0 bridgehead atoms. The normalized spacial score (nSPS) is 14.8. The van der Waals surface area contributed by atoms with Crippen molar-refractivity contribution in [3.63, 3.8) is 0 Å². The van der Waals surface area contributed by atoms with E-state index in [1.807, 2.05) is 32.0 Å². The lowest BCUT2D eigenvalue weighted by molar-refractivity contribution is -0.111. The molecular weight excluding hydrogens is 356 g/mol. The molecule has 1 aliphatic heterocycles. The maximum absolute atomic E-state index is 12.3. The first-order valence-electron chi connectivity index (χ1n) is 9.14. The molecule has 28 heavy (non-hydrogen) atoms. The quantitative estimate of drug-likeness (QED) is 0.738. The molecule has 0 saturated heterocycles. The van der Waals surface area contributed by atoms with Crippen molar-refractivity contribution in [1.29, 1.82) is 5.26 Å². The molecule has 0 spiro atoms. The van der Waals surface area contributed by atoms with Gasteiger partial charge in [0.2, 0.25) is 5.91 Å². The van der Waals surface area contributed by atoms with Crippen LogP contribution in [0.4, 0.5) is 5.69 Å². The lowest BCUT2D eigenvalue weighted by atomic mass is 10.1. The average molecular weight is 378 g/mol. The lowest BCUT2D eigenvalue weighted by Crippen LogP contribution is -2.08. The minimum Gasteiger partial charge on any atom is -0.493 e. The van der Waals surface area contributed by atoms with Gasteiger partial charge in [0.25, 0.3) is 0 Å². The molecule has 2 aromatic rings. The number of ether oxygens (including phenoxy) is 3. The number of amides is 1. The van der Waals surface area contributed by atoms with Gasteiger partial charge in [0.1, 0.15) is 29.4 Å². The van der Waals surface area contributed by atoms with Gasteiger partial charge < -0.3 is 19.5 Å². The van der Waals surface area contributed by atoms with Crippen LogP contribution in [0, 0.1) is 11.3 Å². The number of hydrogen-bond donors (Lipinski definition) is 1. The number of benzene rings is 2. The number of nitrogens with one attached hydrogen (secondary N) is 1. The molecule has 2 aromatic carbocycles. The van der Waals surface area contributed by atoms with E-state index in [2.05, 4.69) is 5.32 Å². The van der Waals surface area contributed by atoms with E-state index in [4.69, 9.17) is 19.5 Å². The second-order valence-corrected chi connectivity index (χ2v) is 6.36. The van der Waals surface area contributed by atoms with E-state index in [-0.39, 0.29) is 18.6 Å². The lowest BCUT2D eigenvalue weighted by Gasteiger charge is -2.10. The van der Waals surface area contributed by atoms with E-state index in [0.29, 0.717) is 18.0 Å². The molecule has 6 nitrogen and oxygen atoms in total. The summed E-state index contributed by atoms with van der Waals surface area (Å²) in [6.45, 7) is 4.44. The highest BCUT2D eigenvalue weighted by Gasteiger charge is 2.21. The number of fused-ring (bicyclic) bond motifs is 1. The first-order valence-corrected chi connectivity index (χ1v) is 9.14. The van der Waals surface area contributed by atoms with Crippen molar-refractivity contribution >= 4 is 17.7 Å². The fourth-order valence-electron chi connectivity index (χ4n) is 2.99. The van der Waals surface area contributed by atoms with Gasteiger partial charge in [-0.05, 0) is 44.2 Å². The average Bonchev–Trinajstić information content (AvgIpc) is 3.04. The number of nitrogens with zero attached hydrogens (tertiary/aromatic N) is 1. The maximum atomic E-state index is 12.3. The van der Waals surface area contributed by atoms with Crippen LogP contribution in [0.1, 0.15) is 25.0 Å². The molecule has 0 radical (unpaired) electrons. The first kappa shape index (κ1) is 19.3. The molecule has 0 aromatic heterocycles. The molecule has 1 unspecified atom stereocenters. The zero-order valence-electron chi connectivity index (χ0n) is 15.9. The number of anilines is 1. The standard InChI is InChI=1S/C22H22N2O4/c1-3-26-20-13-17-11-15(2)28-21(17)12-16(20)7-8-22(25)24-18-5-4-6-19(14-18)27-10-9-23/h4-8,12-15H,3,10-11H2,1-2H3,(H,24,25). The van der Waals surface area contributed by atoms with Gasteiger partial charge in [-0.3, -0.25) is 4.79 Å². The molecule has 1 N–H and O–H groups in total. The topological polar surface area (TPSA) is 80.6 Å². The Morgan fingerprint density at radius 1 is 1.36 bits per heavy atom. The number of carbonyl (C=O) groups is 1. The number of carbonyl (C=O) groups excluding carboxylic acids is 1.